The van der Waals surface area contributed by atoms with Crippen LogP contribution in [0, 0.1) is 17.3 Å². The maximum atomic E-state index is 12.8. The fourth-order valence-corrected chi connectivity index (χ4v) is 2.08. The first-order valence-corrected chi connectivity index (χ1v) is 6.50. The predicted octanol–water partition coefficient (Wildman–Crippen LogP) is 3.40. The molecule has 1 aliphatic rings. The highest BCUT2D eigenvalue weighted by molar-refractivity contribution is 5.60. The maximum Gasteiger partial charge on any atom is 0.404 e. The molecule has 2 nitrogen and oxygen atoms in total. The zero-order chi connectivity index (χ0) is 15.0. The van der Waals surface area contributed by atoms with E-state index >= 15 is 0 Å². The van der Waals surface area contributed by atoms with Crippen LogP contribution in [0.5, 0.6) is 0 Å². The van der Waals surface area contributed by atoms with Crippen molar-refractivity contribution >= 4 is 5.69 Å². The molecule has 0 amide bonds. The second-order valence-corrected chi connectivity index (χ2v) is 5.58. The van der Waals surface area contributed by atoms with Gasteiger partial charge in [-0.15, -0.1) is 0 Å². The Morgan fingerprint density at radius 1 is 1.25 bits per heavy atom. The van der Waals surface area contributed by atoms with Crippen LogP contribution in [0.2, 0.25) is 0 Å². The van der Waals surface area contributed by atoms with Gasteiger partial charge in [0.25, 0.3) is 0 Å². The molecule has 0 saturated carbocycles. The summed E-state index contributed by atoms with van der Waals surface area (Å²) in [6.45, 7) is 3.11. The van der Waals surface area contributed by atoms with Crippen LogP contribution in [0.4, 0.5) is 18.9 Å². The smallest absolute Gasteiger partial charge is 0.373 e. The van der Waals surface area contributed by atoms with Crippen LogP contribution in [0.15, 0.2) is 12.4 Å². The van der Waals surface area contributed by atoms with Gasteiger partial charge < -0.3 is 4.90 Å². The molecule has 5 heteroatoms. The molecule has 2 rings (SSSR count). The molecular weight excluding hydrogens is 265 g/mol. The first kappa shape index (κ1) is 14.7. The van der Waals surface area contributed by atoms with E-state index in [0.29, 0.717) is 5.56 Å². The van der Waals surface area contributed by atoms with Crippen molar-refractivity contribution in [3.05, 3.63) is 23.5 Å². The Labute approximate surface area is 117 Å². The highest BCUT2D eigenvalue weighted by Gasteiger charge is 2.46. The number of hydrogen-bond acceptors (Lipinski definition) is 2. The van der Waals surface area contributed by atoms with E-state index in [9.17, 15) is 13.2 Å². The van der Waals surface area contributed by atoms with Gasteiger partial charge in [-0.2, -0.15) is 13.2 Å². The number of anilines is 1. The summed E-state index contributed by atoms with van der Waals surface area (Å²) < 4.78 is 38.4. The minimum Gasteiger partial charge on any atom is -0.373 e. The molecule has 20 heavy (non-hydrogen) atoms. The average molecular weight is 282 g/mol. The first-order valence-electron chi connectivity index (χ1n) is 6.50. The zero-order valence-electron chi connectivity index (χ0n) is 11.8. The van der Waals surface area contributed by atoms with Gasteiger partial charge in [0.15, 0.2) is 0 Å². The minimum atomic E-state index is -4.33. The van der Waals surface area contributed by atoms with Crippen LogP contribution >= 0.6 is 0 Å². The summed E-state index contributed by atoms with van der Waals surface area (Å²) in [4.78, 5) is 6.15. The summed E-state index contributed by atoms with van der Waals surface area (Å²) in [6, 6.07) is 0. The summed E-state index contributed by atoms with van der Waals surface area (Å²) >= 11 is 0. The van der Waals surface area contributed by atoms with Gasteiger partial charge in [-0.3, -0.25) is 4.98 Å². The lowest BCUT2D eigenvalue weighted by Crippen LogP contribution is -2.30. The molecule has 1 aromatic heterocycles. The summed E-state index contributed by atoms with van der Waals surface area (Å²) in [6.07, 6.45) is 0.772. The van der Waals surface area contributed by atoms with Crippen molar-refractivity contribution in [2.75, 3.05) is 18.5 Å². The van der Waals surface area contributed by atoms with Crippen molar-refractivity contribution in [1.29, 1.82) is 0 Å². The topological polar surface area (TPSA) is 16.1 Å². The van der Waals surface area contributed by atoms with Gasteiger partial charge in [0.05, 0.1) is 11.9 Å². The molecule has 0 unspecified atom stereocenters. The molecule has 0 atom stereocenters. The number of pyridine rings is 1. The van der Waals surface area contributed by atoms with Crippen LogP contribution in [0.25, 0.3) is 0 Å². The first-order chi connectivity index (χ1) is 9.22. The van der Waals surface area contributed by atoms with Gasteiger partial charge in [-0.1, -0.05) is 11.8 Å². The van der Waals surface area contributed by atoms with Crippen LogP contribution in [0.3, 0.4) is 0 Å². The van der Waals surface area contributed by atoms with E-state index in [1.807, 2.05) is 7.05 Å². The lowest BCUT2D eigenvalue weighted by atomic mass is 9.92. The number of alkyl halides is 3. The number of nitrogens with zero attached hydrogens (tertiary/aromatic N) is 2. The molecule has 0 aromatic carbocycles. The quantitative estimate of drug-likeness (QED) is 0.678. The SMILES string of the molecule is CN1CCCc2c(C#CC(C)(C)C(F)(F)F)cncc21. The second kappa shape index (κ2) is 5.01. The zero-order valence-corrected chi connectivity index (χ0v) is 11.8. The Balaban J connectivity index is 2.40. The van der Waals surface area contributed by atoms with Gasteiger partial charge in [0, 0.05) is 25.4 Å². The number of halogens is 3. The Morgan fingerprint density at radius 2 is 1.95 bits per heavy atom. The van der Waals surface area contributed by atoms with Crippen molar-refractivity contribution in [2.24, 2.45) is 5.41 Å². The van der Waals surface area contributed by atoms with Gasteiger partial charge >= 0.3 is 6.18 Å². The Morgan fingerprint density at radius 3 is 2.60 bits per heavy atom. The van der Waals surface area contributed by atoms with Gasteiger partial charge in [0.1, 0.15) is 5.41 Å². The minimum absolute atomic E-state index is 0.603. The van der Waals surface area contributed by atoms with E-state index in [1.165, 1.54) is 0 Å². The average Bonchev–Trinajstić information content (AvgIpc) is 2.35. The predicted molar refractivity (Wildman–Crippen MR) is 72.5 cm³/mol. The third kappa shape index (κ3) is 2.74. The molecule has 0 saturated heterocycles. The molecule has 108 valence electrons. The Hall–Kier alpha value is -1.70. The highest BCUT2D eigenvalue weighted by Crippen LogP contribution is 2.37. The molecule has 2 heterocycles. The second-order valence-electron chi connectivity index (χ2n) is 5.58. The van der Waals surface area contributed by atoms with Crippen molar-refractivity contribution in [1.82, 2.24) is 4.98 Å². The van der Waals surface area contributed by atoms with Crippen molar-refractivity contribution in [3.63, 3.8) is 0 Å². The summed E-state index contributed by atoms with van der Waals surface area (Å²) in [5, 5.41) is 0. The van der Waals surface area contributed by atoms with Crippen LogP contribution in [-0.4, -0.2) is 24.8 Å². The molecule has 1 aliphatic heterocycles. The molecule has 0 radical (unpaired) electrons. The Kier molecular flexibility index (Phi) is 3.68. The molecule has 0 fully saturated rings. The third-order valence-electron chi connectivity index (χ3n) is 3.58. The van der Waals surface area contributed by atoms with Crippen molar-refractivity contribution < 1.29 is 13.2 Å². The summed E-state index contributed by atoms with van der Waals surface area (Å²) in [5.41, 5.74) is 0.550. The van der Waals surface area contributed by atoms with E-state index < -0.39 is 11.6 Å². The Bertz CT molecular complexity index is 565. The van der Waals surface area contributed by atoms with E-state index in [-0.39, 0.29) is 0 Å². The monoisotopic (exact) mass is 282 g/mol. The van der Waals surface area contributed by atoms with Gasteiger partial charge in [0.2, 0.25) is 0 Å². The van der Waals surface area contributed by atoms with E-state index in [2.05, 4.69) is 21.7 Å². The van der Waals surface area contributed by atoms with Gasteiger partial charge in [-0.05, 0) is 32.3 Å². The molecule has 1 aromatic rings. The molecular formula is C15H17F3N2. The standard InChI is InChI=1S/C15H17F3N2/c1-14(2,15(16,17)18)7-6-11-9-19-10-13-12(11)5-4-8-20(13)3/h9-10H,4-5,8H2,1-3H3. The molecule has 0 spiro atoms. The van der Waals surface area contributed by atoms with E-state index in [4.69, 9.17) is 0 Å². The largest absolute Gasteiger partial charge is 0.404 e. The summed E-state index contributed by atoms with van der Waals surface area (Å²) in [5.74, 6) is 5.03. The van der Waals surface area contributed by atoms with Gasteiger partial charge in [-0.25, -0.2) is 0 Å². The molecule has 0 bridgehead atoms. The normalized spacial score (nSPS) is 15.4. The lowest BCUT2D eigenvalue weighted by molar-refractivity contribution is -0.190. The van der Waals surface area contributed by atoms with E-state index in [0.717, 1.165) is 44.5 Å². The van der Waals surface area contributed by atoms with Crippen LogP contribution in [-0.2, 0) is 6.42 Å². The fraction of sp³-hybridized carbons (Fsp3) is 0.533. The maximum absolute atomic E-state index is 12.8. The lowest BCUT2D eigenvalue weighted by Gasteiger charge is -2.27. The van der Waals surface area contributed by atoms with Crippen molar-refractivity contribution in [2.45, 2.75) is 32.9 Å². The molecule has 0 aliphatic carbocycles. The van der Waals surface area contributed by atoms with Crippen LogP contribution in [0.1, 0.15) is 31.4 Å². The fourth-order valence-electron chi connectivity index (χ4n) is 2.08. The highest BCUT2D eigenvalue weighted by atomic mass is 19.4. The van der Waals surface area contributed by atoms with Crippen molar-refractivity contribution in [3.8, 4) is 11.8 Å². The number of rotatable bonds is 0. The van der Waals surface area contributed by atoms with Crippen LogP contribution < -0.4 is 4.90 Å². The number of aromatic nitrogens is 1. The third-order valence-corrected chi connectivity index (χ3v) is 3.58. The number of fused-ring (bicyclic) bond motifs is 1. The van der Waals surface area contributed by atoms with E-state index in [1.54, 1.807) is 12.4 Å². The molecule has 0 N–H and O–H groups in total. The summed E-state index contributed by atoms with van der Waals surface area (Å²) in [7, 11) is 1.95. The number of hydrogen-bond donors (Lipinski definition) is 0.